The number of nitrogens with two attached hydrogens (primary N) is 1. The van der Waals surface area contributed by atoms with Crippen LogP contribution in [-0.4, -0.2) is 15.0 Å². The lowest BCUT2D eigenvalue weighted by molar-refractivity contribution is -0.118. The Hall–Kier alpha value is -2.02. The van der Waals surface area contributed by atoms with Crippen molar-refractivity contribution in [2.24, 2.45) is 12.8 Å². The van der Waals surface area contributed by atoms with E-state index in [1.54, 1.807) is 0 Å². The normalized spacial score (nSPS) is 16.6. The molecule has 1 amide bonds. The highest BCUT2D eigenvalue weighted by atomic mass is 32.1. The molecule has 0 saturated heterocycles. The third-order valence-electron chi connectivity index (χ3n) is 4.44. The fourth-order valence-corrected chi connectivity index (χ4v) is 3.64. The Kier molecular flexibility index (Phi) is 4.06. The van der Waals surface area contributed by atoms with E-state index in [-0.39, 0.29) is 23.8 Å². The Bertz CT molecular complexity index is 820. The van der Waals surface area contributed by atoms with Gasteiger partial charge < -0.3 is 14.9 Å². The Morgan fingerprint density at radius 3 is 2.65 bits per heavy atom. The average Bonchev–Trinajstić information content (AvgIpc) is 2.98. The molecule has 2 aromatic rings. The molecule has 122 valence electrons. The maximum absolute atomic E-state index is 14.0. The van der Waals surface area contributed by atoms with Crippen LogP contribution >= 0.6 is 12.2 Å². The Morgan fingerprint density at radius 2 is 2.04 bits per heavy atom. The van der Waals surface area contributed by atoms with Crippen LogP contribution in [0.4, 0.5) is 8.78 Å². The summed E-state index contributed by atoms with van der Waals surface area (Å²) in [6, 6.07) is 3.91. The lowest BCUT2D eigenvalue weighted by atomic mass is 9.95. The van der Waals surface area contributed by atoms with E-state index in [0.717, 1.165) is 11.4 Å². The van der Waals surface area contributed by atoms with Crippen LogP contribution in [0.3, 0.4) is 0 Å². The molecule has 1 unspecified atom stereocenters. The predicted octanol–water partition coefficient (Wildman–Crippen LogP) is 2.59. The largest absolute Gasteiger partial charge is 0.370 e. The Morgan fingerprint density at radius 1 is 1.39 bits per heavy atom. The highest BCUT2D eigenvalue weighted by molar-refractivity contribution is 7.71. The van der Waals surface area contributed by atoms with Crippen LogP contribution in [0.2, 0.25) is 0 Å². The zero-order valence-electron chi connectivity index (χ0n) is 12.7. The molecule has 7 heteroatoms. The van der Waals surface area contributed by atoms with Gasteiger partial charge in [0, 0.05) is 42.9 Å². The van der Waals surface area contributed by atoms with Crippen LogP contribution in [0, 0.1) is 16.4 Å². The van der Waals surface area contributed by atoms with Crippen LogP contribution < -0.4 is 5.73 Å². The fourth-order valence-electron chi connectivity index (χ4n) is 3.34. The molecule has 1 aliphatic heterocycles. The Balaban J connectivity index is 1.97. The van der Waals surface area contributed by atoms with E-state index in [1.165, 1.54) is 18.2 Å². The van der Waals surface area contributed by atoms with Crippen LogP contribution in [-0.2, 0) is 31.2 Å². The van der Waals surface area contributed by atoms with E-state index in [9.17, 15) is 13.6 Å². The monoisotopic (exact) mass is 337 g/mol. The van der Waals surface area contributed by atoms with Crippen molar-refractivity contribution in [3.05, 3.63) is 51.6 Å². The Labute approximate surface area is 137 Å². The minimum absolute atomic E-state index is 0.106. The third-order valence-corrected chi connectivity index (χ3v) is 4.93. The summed E-state index contributed by atoms with van der Waals surface area (Å²) in [5.41, 5.74) is 7.17. The van der Waals surface area contributed by atoms with Gasteiger partial charge in [0.2, 0.25) is 5.91 Å². The quantitative estimate of drug-likeness (QED) is 0.872. The van der Waals surface area contributed by atoms with E-state index in [0.29, 0.717) is 24.2 Å². The smallest absolute Gasteiger partial charge is 0.217 e. The number of benzene rings is 1. The van der Waals surface area contributed by atoms with Crippen LogP contribution in [0.5, 0.6) is 0 Å². The van der Waals surface area contributed by atoms with Crippen molar-refractivity contribution in [2.45, 2.75) is 31.7 Å². The standard InChI is InChI=1S/C16H17F2N3OS/c1-20-12(5-6-14(19)22)13-7-9(8-21(13)16(20)23)15-10(17)3-2-4-11(15)18/h2-4,9H,5-8H2,1H3,(H2,19,22). The zero-order valence-corrected chi connectivity index (χ0v) is 13.5. The van der Waals surface area contributed by atoms with Gasteiger partial charge in [0.05, 0.1) is 0 Å². The van der Waals surface area contributed by atoms with E-state index in [1.807, 2.05) is 16.2 Å². The molecule has 2 heterocycles. The van der Waals surface area contributed by atoms with Crippen LogP contribution in [0.25, 0.3) is 0 Å². The number of primary amides is 1. The van der Waals surface area contributed by atoms with Gasteiger partial charge in [-0.3, -0.25) is 4.79 Å². The molecule has 1 aromatic carbocycles. The topological polar surface area (TPSA) is 52.9 Å². The average molecular weight is 337 g/mol. The van der Waals surface area contributed by atoms with Crippen molar-refractivity contribution in [1.82, 2.24) is 9.13 Å². The molecular weight excluding hydrogens is 320 g/mol. The molecule has 1 aromatic heterocycles. The SMILES string of the molecule is Cn1c(CCC(N)=O)c2n(c1=S)CC(c1c(F)cccc1F)C2. The van der Waals surface area contributed by atoms with E-state index < -0.39 is 11.6 Å². The van der Waals surface area contributed by atoms with Gasteiger partial charge in [0.25, 0.3) is 0 Å². The maximum Gasteiger partial charge on any atom is 0.217 e. The van der Waals surface area contributed by atoms with Gasteiger partial charge in [-0.25, -0.2) is 8.78 Å². The van der Waals surface area contributed by atoms with E-state index in [4.69, 9.17) is 18.0 Å². The van der Waals surface area contributed by atoms with Gasteiger partial charge >= 0.3 is 0 Å². The van der Waals surface area contributed by atoms with Crippen LogP contribution in [0.15, 0.2) is 18.2 Å². The third kappa shape index (κ3) is 2.69. The number of halogens is 2. The summed E-state index contributed by atoms with van der Waals surface area (Å²) in [5, 5.41) is 0. The van der Waals surface area contributed by atoms with E-state index in [2.05, 4.69) is 0 Å². The van der Waals surface area contributed by atoms with Crippen molar-refractivity contribution in [1.29, 1.82) is 0 Å². The minimum atomic E-state index is -0.533. The molecule has 0 fully saturated rings. The summed E-state index contributed by atoms with van der Waals surface area (Å²) in [6.07, 6.45) is 1.19. The number of carbonyl (C=O) groups excluding carboxylic acids is 1. The molecule has 0 bridgehead atoms. The lowest BCUT2D eigenvalue weighted by Gasteiger charge is -2.13. The highest BCUT2D eigenvalue weighted by Gasteiger charge is 2.31. The molecule has 0 radical (unpaired) electrons. The van der Waals surface area contributed by atoms with Crippen molar-refractivity contribution in [2.75, 3.05) is 0 Å². The molecule has 4 nitrogen and oxygen atoms in total. The summed E-state index contributed by atoms with van der Waals surface area (Å²) >= 11 is 5.41. The van der Waals surface area contributed by atoms with Gasteiger partial charge in [-0.1, -0.05) is 6.07 Å². The molecule has 2 N–H and O–H groups in total. The van der Waals surface area contributed by atoms with Gasteiger partial charge in [0.1, 0.15) is 11.6 Å². The second kappa shape index (κ2) is 5.88. The number of imidazole rings is 1. The molecule has 23 heavy (non-hydrogen) atoms. The van der Waals surface area contributed by atoms with Crippen molar-refractivity contribution < 1.29 is 13.6 Å². The summed E-state index contributed by atoms with van der Waals surface area (Å²) in [6.45, 7) is 0.441. The first-order valence-corrected chi connectivity index (χ1v) is 7.80. The predicted molar refractivity (Wildman–Crippen MR) is 84.6 cm³/mol. The molecule has 1 atom stereocenters. The summed E-state index contributed by atoms with van der Waals surface area (Å²) in [4.78, 5) is 11.0. The number of aromatic nitrogens is 2. The molecular formula is C16H17F2N3OS. The second-order valence-corrected chi connectivity index (χ2v) is 6.21. The second-order valence-electron chi connectivity index (χ2n) is 5.85. The molecule has 1 aliphatic rings. The summed E-state index contributed by atoms with van der Waals surface area (Å²) < 4.78 is 32.4. The van der Waals surface area contributed by atoms with Gasteiger partial charge in [-0.2, -0.15) is 0 Å². The van der Waals surface area contributed by atoms with Crippen LogP contribution in [0.1, 0.15) is 29.3 Å². The van der Waals surface area contributed by atoms with Crippen molar-refractivity contribution >= 4 is 18.1 Å². The number of amides is 1. The number of nitrogens with zero attached hydrogens (tertiary/aromatic N) is 2. The lowest BCUT2D eigenvalue weighted by Crippen LogP contribution is -2.13. The summed E-state index contributed by atoms with van der Waals surface area (Å²) in [5.74, 6) is -1.74. The highest BCUT2D eigenvalue weighted by Crippen LogP contribution is 2.35. The van der Waals surface area contributed by atoms with Crippen molar-refractivity contribution in [3.8, 4) is 0 Å². The van der Waals surface area contributed by atoms with Gasteiger partial charge in [0.15, 0.2) is 4.77 Å². The minimum Gasteiger partial charge on any atom is -0.370 e. The number of rotatable bonds is 4. The summed E-state index contributed by atoms with van der Waals surface area (Å²) in [7, 11) is 1.84. The number of hydrogen-bond acceptors (Lipinski definition) is 2. The number of carbonyl (C=O) groups is 1. The van der Waals surface area contributed by atoms with Gasteiger partial charge in [-0.15, -0.1) is 0 Å². The zero-order chi connectivity index (χ0) is 16.7. The first kappa shape index (κ1) is 15.9. The number of hydrogen-bond donors (Lipinski definition) is 1. The van der Waals surface area contributed by atoms with Crippen molar-refractivity contribution in [3.63, 3.8) is 0 Å². The molecule has 0 aliphatic carbocycles. The maximum atomic E-state index is 14.0. The van der Waals surface area contributed by atoms with Gasteiger partial charge in [-0.05, 0) is 37.2 Å². The first-order valence-electron chi connectivity index (χ1n) is 7.39. The molecule has 3 rings (SSSR count). The first-order chi connectivity index (χ1) is 10.9. The molecule has 0 saturated carbocycles. The molecule has 0 spiro atoms. The fraction of sp³-hybridized carbons (Fsp3) is 0.375. The van der Waals surface area contributed by atoms with E-state index >= 15 is 0 Å². The number of fused-ring (bicyclic) bond motifs is 1.